The van der Waals surface area contributed by atoms with E-state index < -0.39 is 40.9 Å². The van der Waals surface area contributed by atoms with Crippen LogP contribution in [0.5, 0.6) is 0 Å². The van der Waals surface area contributed by atoms with Crippen LogP contribution >= 0.6 is 0 Å². The zero-order valence-corrected chi connectivity index (χ0v) is 27.8. The third-order valence-electron chi connectivity index (χ3n) is 6.06. The molecule has 30 heavy (non-hydrogen) atoms. The van der Waals surface area contributed by atoms with Crippen molar-refractivity contribution in [3.8, 4) is 0 Å². The number of hydrogen-bond donors (Lipinski definition) is 0. The molecule has 0 bridgehead atoms. The van der Waals surface area contributed by atoms with Crippen LogP contribution in [0.25, 0.3) is 0 Å². The fourth-order valence-corrected chi connectivity index (χ4v) is 21.3. The average Bonchev–Trinajstić information content (AvgIpc) is 2.61. The van der Waals surface area contributed by atoms with Crippen molar-refractivity contribution < 1.29 is 13.6 Å². The third kappa shape index (κ3) is 15.7. The van der Waals surface area contributed by atoms with Crippen LogP contribution in [0, 0.1) is 0 Å². The predicted molar refractivity (Wildman–Crippen MR) is 150 cm³/mol. The molecule has 2 unspecified atom stereocenters. The molecule has 0 amide bonds. The first-order valence-electron chi connectivity index (χ1n) is 12.3. The van der Waals surface area contributed by atoms with Crippen LogP contribution in [0.1, 0.15) is 20.3 Å². The van der Waals surface area contributed by atoms with Gasteiger partial charge in [0.2, 0.25) is 0 Å². The molecule has 3 nitrogen and oxygen atoms in total. The first-order chi connectivity index (χ1) is 13.4. The Hall–Kier alpha value is 0.964. The molecule has 0 aliphatic heterocycles. The van der Waals surface area contributed by atoms with E-state index in [0.717, 1.165) is 31.7 Å². The number of hydrogen-bond acceptors (Lipinski definition) is 3. The minimum absolute atomic E-state index is 0.913. The molecule has 0 saturated carbocycles. The first-order valence-corrected chi connectivity index (χ1v) is 28.8. The lowest BCUT2D eigenvalue weighted by Crippen LogP contribution is -2.46. The van der Waals surface area contributed by atoms with Gasteiger partial charge in [-0.3, -0.25) is 0 Å². The highest BCUT2D eigenvalue weighted by molar-refractivity contribution is 6.85. The Bertz CT molecular complexity index is 476. The molecule has 0 saturated heterocycles. The van der Waals surface area contributed by atoms with Gasteiger partial charge in [-0.15, -0.1) is 0 Å². The molecule has 182 valence electrons. The Morgan fingerprint density at radius 2 is 1.10 bits per heavy atom. The van der Waals surface area contributed by atoms with Crippen LogP contribution in [0.15, 0.2) is 0 Å². The highest BCUT2D eigenvalue weighted by atomic mass is 28.4. The van der Waals surface area contributed by atoms with Crippen LogP contribution in [0.3, 0.4) is 0 Å². The van der Waals surface area contributed by atoms with Crippen LogP contribution in [0.4, 0.5) is 0 Å². The molecule has 0 radical (unpaired) electrons. The molecule has 0 N–H and O–H groups in total. The van der Waals surface area contributed by atoms with Crippen molar-refractivity contribution in [3.05, 3.63) is 0 Å². The Morgan fingerprint density at radius 1 is 0.567 bits per heavy atom. The lowest BCUT2D eigenvalue weighted by atomic mass is 10.5. The van der Waals surface area contributed by atoms with Gasteiger partial charge in [0.05, 0.1) is 24.2 Å². The van der Waals surface area contributed by atoms with Crippen molar-refractivity contribution in [2.24, 2.45) is 0 Å². The summed E-state index contributed by atoms with van der Waals surface area (Å²) in [5.74, 6) is 0. The molecule has 0 aromatic heterocycles. The van der Waals surface area contributed by atoms with E-state index in [0.29, 0.717) is 0 Å². The highest BCUT2D eigenvalue weighted by Crippen LogP contribution is 2.30. The van der Waals surface area contributed by atoms with Gasteiger partial charge >= 0.3 is 0 Å². The summed E-state index contributed by atoms with van der Waals surface area (Å²) < 4.78 is 19.1. The Kier molecular flexibility index (Phi) is 13.4. The topological polar surface area (TPSA) is 27.7 Å². The molecular weight excluding hydrogens is 453 g/mol. The van der Waals surface area contributed by atoms with Crippen LogP contribution in [0.2, 0.25) is 95.7 Å². The summed E-state index contributed by atoms with van der Waals surface area (Å²) in [7, 11) is -6.93. The van der Waals surface area contributed by atoms with Crippen molar-refractivity contribution in [2.75, 3.05) is 25.3 Å². The van der Waals surface area contributed by atoms with E-state index in [-0.39, 0.29) is 0 Å². The van der Waals surface area contributed by atoms with E-state index in [1.807, 2.05) is 0 Å². The van der Waals surface area contributed by atoms with Gasteiger partial charge in [0.25, 0.3) is 0 Å². The van der Waals surface area contributed by atoms with Crippen LogP contribution in [-0.4, -0.2) is 66.2 Å². The van der Waals surface area contributed by atoms with Crippen LogP contribution < -0.4 is 0 Å². The van der Waals surface area contributed by atoms with Gasteiger partial charge in [0.15, 0.2) is 16.6 Å². The zero-order chi connectivity index (χ0) is 23.7. The summed E-state index contributed by atoms with van der Waals surface area (Å²) in [5.41, 5.74) is 0. The third-order valence-corrected chi connectivity index (χ3v) is 19.9. The molecule has 0 aliphatic carbocycles. The van der Waals surface area contributed by atoms with Crippen molar-refractivity contribution in [1.29, 1.82) is 0 Å². The summed E-state index contributed by atoms with van der Waals surface area (Å²) in [6.07, 6.45) is 4.22. The fourth-order valence-electron chi connectivity index (χ4n) is 3.16. The number of ether oxygens (including phenoxy) is 1. The van der Waals surface area contributed by atoms with Gasteiger partial charge in [0.1, 0.15) is 0 Å². The van der Waals surface area contributed by atoms with E-state index in [2.05, 4.69) is 79.3 Å². The molecule has 0 heterocycles. The summed E-state index contributed by atoms with van der Waals surface area (Å²) in [6.45, 7) is 29.8. The molecule has 0 spiro atoms. The number of rotatable bonds is 17. The van der Waals surface area contributed by atoms with E-state index in [9.17, 15) is 0 Å². The molecular formula is C22H56O3Si5. The van der Waals surface area contributed by atoms with Crippen LogP contribution in [-0.2, 0) is 13.6 Å². The maximum Gasteiger partial charge on any atom is 0.185 e. The molecule has 0 fully saturated rings. The smallest absolute Gasteiger partial charge is 0.185 e. The first kappa shape index (κ1) is 31.0. The van der Waals surface area contributed by atoms with E-state index in [1.54, 1.807) is 0 Å². The van der Waals surface area contributed by atoms with Gasteiger partial charge in [0, 0.05) is 25.3 Å². The quantitative estimate of drug-likeness (QED) is 0.149. The summed E-state index contributed by atoms with van der Waals surface area (Å²) >= 11 is 0. The van der Waals surface area contributed by atoms with Crippen molar-refractivity contribution in [2.45, 2.75) is 116 Å². The Labute approximate surface area is 195 Å². The second kappa shape index (κ2) is 13.0. The van der Waals surface area contributed by atoms with Crippen molar-refractivity contribution in [1.82, 2.24) is 0 Å². The molecule has 0 aromatic carbocycles. The fraction of sp³-hybridized carbons (Fsp3) is 1.00. The lowest BCUT2D eigenvalue weighted by Gasteiger charge is -2.36. The normalized spacial score (nSPS) is 17.6. The summed E-state index contributed by atoms with van der Waals surface area (Å²) in [6, 6.07) is 6.80. The van der Waals surface area contributed by atoms with Gasteiger partial charge in [-0.25, -0.2) is 0 Å². The minimum Gasteiger partial charge on any atom is -0.421 e. The second-order valence-corrected chi connectivity index (χ2v) is 37.3. The van der Waals surface area contributed by atoms with Crippen molar-refractivity contribution >= 4 is 40.9 Å². The molecule has 0 aromatic rings. The molecule has 2 atom stereocenters. The maximum atomic E-state index is 6.53. The SMILES string of the molecule is CCCOC[Si](C)(CC[Si](C)(CC)CO[Si](C)(C)C)CC[Si](C)(C)OC[Si](C)(C)C. The standard InChI is InChI=1S/C22H56O3Si5/c1-13-15-23-20-30(12,17-16-28(9,10)25-21-26(3,4)5)19-18-29(11,14-2)22-24-27(6,7)8/h13-22H2,1-12H3. The van der Waals surface area contributed by atoms with Gasteiger partial charge < -0.3 is 13.6 Å². The average molecular weight is 509 g/mol. The summed E-state index contributed by atoms with van der Waals surface area (Å²) in [5, 5.41) is 0. The Morgan fingerprint density at radius 3 is 1.57 bits per heavy atom. The van der Waals surface area contributed by atoms with E-state index >= 15 is 0 Å². The molecule has 8 heteroatoms. The second-order valence-electron chi connectivity index (χ2n) is 13.0. The maximum absolute atomic E-state index is 6.53. The van der Waals surface area contributed by atoms with Gasteiger partial charge in [-0.1, -0.05) is 70.8 Å². The zero-order valence-electron chi connectivity index (χ0n) is 22.8. The van der Waals surface area contributed by atoms with Gasteiger partial charge in [-0.2, -0.15) is 0 Å². The lowest BCUT2D eigenvalue weighted by molar-refractivity contribution is 0.172. The summed E-state index contributed by atoms with van der Waals surface area (Å²) in [4.78, 5) is 0. The Balaban J connectivity index is 5.04. The highest BCUT2D eigenvalue weighted by Gasteiger charge is 2.36. The van der Waals surface area contributed by atoms with Crippen molar-refractivity contribution in [3.63, 3.8) is 0 Å². The molecule has 0 rings (SSSR count). The largest absolute Gasteiger partial charge is 0.421 e. The minimum atomic E-state index is -1.59. The van der Waals surface area contributed by atoms with E-state index in [1.165, 1.54) is 30.2 Å². The van der Waals surface area contributed by atoms with Gasteiger partial charge in [-0.05, 0) is 45.2 Å². The van der Waals surface area contributed by atoms with E-state index in [4.69, 9.17) is 13.6 Å². The monoisotopic (exact) mass is 508 g/mol. The predicted octanol–water partition coefficient (Wildman–Crippen LogP) is 7.62. The molecule has 0 aliphatic rings.